The average Bonchev–Trinajstić information content (AvgIpc) is 2.93. The van der Waals surface area contributed by atoms with Crippen LogP contribution in [0.1, 0.15) is 12.0 Å². The number of aliphatic carboxylic acids is 1. The number of carbonyl (C=O) groups is 2. The summed E-state index contributed by atoms with van der Waals surface area (Å²) in [5.41, 5.74) is 6.25. The molecule has 0 aliphatic rings. The highest BCUT2D eigenvalue weighted by Crippen LogP contribution is 2.26. The lowest BCUT2D eigenvalue weighted by molar-refractivity contribution is -0.298. The van der Waals surface area contributed by atoms with Gasteiger partial charge in [0, 0.05) is 34.8 Å². The highest BCUT2D eigenvalue weighted by molar-refractivity contribution is 9.10. The predicted molar refractivity (Wildman–Crippen MR) is 87.8 cm³/mol. The molecule has 1 amide bonds. The molecule has 0 bridgehead atoms. The Balaban J connectivity index is 2.52. The third-order valence-electron chi connectivity index (χ3n) is 3.12. The summed E-state index contributed by atoms with van der Waals surface area (Å²) >= 11 is 3.36. The first-order valence-electron chi connectivity index (χ1n) is 6.85. The van der Waals surface area contributed by atoms with E-state index in [-0.39, 0.29) is 13.0 Å². The molecular weight excluding hydrogens is 376 g/mol. The molecule has 24 heavy (non-hydrogen) atoms. The molecule has 1 heterocycles. The Morgan fingerprint density at radius 1 is 1.46 bits per heavy atom. The summed E-state index contributed by atoms with van der Waals surface area (Å²) in [6.45, 7) is 0.247. The molecule has 0 saturated carbocycles. The summed E-state index contributed by atoms with van der Waals surface area (Å²) in [5.74, 6) is -2.04. The Bertz CT molecular complexity index is 864. The number of nitrogens with two attached hydrogens (primary N) is 1. The maximum atomic E-state index is 11.0. The van der Waals surface area contributed by atoms with Crippen LogP contribution in [-0.2, 0) is 16.1 Å². The molecular formula is C16H12BrN4O3-. The normalized spacial score (nSPS) is 11.1. The number of nitriles is 1. The lowest BCUT2D eigenvalue weighted by Crippen LogP contribution is -2.23. The van der Waals surface area contributed by atoms with Gasteiger partial charge in [-0.2, -0.15) is 10.4 Å². The number of nitrogens with zero attached hydrogens (tertiary/aromatic N) is 3. The summed E-state index contributed by atoms with van der Waals surface area (Å²) in [4.78, 5) is 21.9. The molecule has 0 aliphatic heterocycles. The van der Waals surface area contributed by atoms with Crippen molar-refractivity contribution in [1.29, 1.82) is 5.26 Å². The smallest absolute Gasteiger partial charge is 0.219 e. The lowest BCUT2D eigenvalue weighted by Gasteiger charge is -2.02. The number of hydrogen-bond acceptors (Lipinski definition) is 5. The van der Waals surface area contributed by atoms with E-state index >= 15 is 0 Å². The zero-order valence-corrected chi connectivity index (χ0v) is 14.0. The van der Waals surface area contributed by atoms with Crippen molar-refractivity contribution in [3.63, 3.8) is 0 Å². The van der Waals surface area contributed by atoms with E-state index in [0.717, 1.165) is 10.0 Å². The average molecular weight is 388 g/mol. The van der Waals surface area contributed by atoms with Crippen LogP contribution in [0, 0.1) is 11.3 Å². The number of carbonyl (C=O) groups excluding carboxylic acids is 2. The Labute approximate surface area is 146 Å². The minimum Gasteiger partial charge on any atom is -0.544 e. The molecule has 2 aromatic rings. The number of halogens is 1. The number of hydrogen-bond donors (Lipinski definition) is 1. The van der Waals surface area contributed by atoms with Crippen LogP contribution in [0.4, 0.5) is 0 Å². The van der Waals surface area contributed by atoms with Crippen LogP contribution in [-0.4, -0.2) is 21.7 Å². The second-order valence-electron chi connectivity index (χ2n) is 4.88. The molecule has 0 fully saturated rings. The highest BCUT2D eigenvalue weighted by atomic mass is 79.9. The van der Waals surface area contributed by atoms with Crippen molar-refractivity contribution in [3.8, 4) is 17.3 Å². The van der Waals surface area contributed by atoms with E-state index in [0.29, 0.717) is 11.3 Å². The van der Waals surface area contributed by atoms with Gasteiger partial charge in [0.05, 0.1) is 17.2 Å². The van der Waals surface area contributed by atoms with Gasteiger partial charge in [0.1, 0.15) is 6.07 Å². The van der Waals surface area contributed by atoms with Crippen LogP contribution in [0.25, 0.3) is 17.3 Å². The summed E-state index contributed by atoms with van der Waals surface area (Å²) in [6, 6.07) is 8.83. The van der Waals surface area contributed by atoms with Gasteiger partial charge in [-0.25, -0.2) is 0 Å². The first-order valence-corrected chi connectivity index (χ1v) is 7.65. The molecule has 0 saturated heterocycles. The van der Waals surface area contributed by atoms with Gasteiger partial charge >= 0.3 is 0 Å². The molecule has 2 rings (SSSR count). The summed E-state index contributed by atoms with van der Waals surface area (Å²) in [5, 5.41) is 24.2. The zero-order chi connectivity index (χ0) is 17.7. The van der Waals surface area contributed by atoms with E-state index in [1.807, 2.05) is 12.1 Å². The van der Waals surface area contributed by atoms with Gasteiger partial charge in [0.2, 0.25) is 5.91 Å². The molecule has 7 nitrogen and oxygen atoms in total. The fourth-order valence-electron chi connectivity index (χ4n) is 2.03. The molecule has 0 unspecified atom stereocenters. The molecule has 0 atom stereocenters. The van der Waals surface area contributed by atoms with Gasteiger partial charge in [-0.05, 0) is 18.2 Å². The van der Waals surface area contributed by atoms with Gasteiger partial charge in [-0.1, -0.05) is 28.1 Å². The van der Waals surface area contributed by atoms with Crippen molar-refractivity contribution >= 4 is 33.9 Å². The number of aryl methyl sites for hydroxylation is 1. The third-order valence-corrected chi connectivity index (χ3v) is 3.61. The molecule has 8 heteroatoms. The number of carboxylic acid groups (broad SMARTS) is 1. The van der Waals surface area contributed by atoms with Crippen molar-refractivity contribution in [1.82, 2.24) is 9.78 Å². The molecule has 122 valence electrons. The van der Waals surface area contributed by atoms with Gasteiger partial charge in [0.15, 0.2) is 0 Å². The van der Waals surface area contributed by atoms with Crippen LogP contribution in [0.15, 0.2) is 40.5 Å². The standard InChI is InChI=1S/C16H13BrN4O3/c17-13-3-1-2-10(7-13)15-12(6-11(8-18)16(23)24)9-21(20-15)5-4-14(19)22/h1-3,6-7,9H,4-5H2,(H2,19,22)(H,23,24)/p-1/b11-6-. The van der Waals surface area contributed by atoms with Crippen LogP contribution in [0.3, 0.4) is 0 Å². The van der Waals surface area contributed by atoms with Crippen LogP contribution in [0.5, 0.6) is 0 Å². The number of carboxylic acids is 1. The number of benzene rings is 1. The first-order chi connectivity index (χ1) is 11.4. The maximum Gasteiger partial charge on any atom is 0.219 e. The molecule has 1 aromatic heterocycles. The zero-order valence-electron chi connectivity index (χ0n) is 12.4. The minimum absolute atomic E-state index is 0.0916. The lowest BCUT2D eigenvalue weighted by atomic mass is 10.1. The quantitative estimate of drug-likeness (QED) is 0.580. The monoisotopic (exact) mass is 387 g/mol. The van der Waals surface area contributed by atoms with E-state index in [1.54, 1.807) is 24.4 Å². The van der Waals surface area contributed by atoms with Gasteiger partial charge in [-0.15, -0.1) is 0 Å². The van der Waals surface area contributed by atoms with E-state index in [1.165, 1.54) is 10.8 Å². The Morgan fingerprint density at radius 3 is 2.79 bits per heavy atom. The largest absolute Gasteiger partial charge is 0.544 e. The van der Waals surface area contributed by atoms with Crippen LogP contribution < -0.4 is 10.8 Å². The maximum absolute atomic E-state index is 11.0. The van der Waals surface area contributed by atoms with Gasteiger partial charge in [0.25, 0.3) is 0 Å². The van der Waals surface area contributed by atoms with Crippen molar-refractivity contribution in [3.05, 3.63) is 46.1 Å². The molecule has 0 aliphatic carbocycles. The van der Waals surface area contributed by atoms with E-state index in [9.17, 15) is 14.7 Å². The van der Waals surface area contributed by atoms with E-state index < -0.39 is 17.4 Å². The van der Waals surface area contributed by atoms with Crippen LogP contribution >= 0.6 is 15.9 Å². The fourth-order valence-corrected chi connectivity index (χ4v) is 2.43. The molecule has 0 spiro atoms. The van der Waals surface area contributed by atoms with Gasteiger partial charge < -0.3 is 15.6 Å². The predicted octanol–water partition coefficient (Wildman–Crippen LogP) is 0.845. The highest BCUT2D eigenvalue weighted by Gasteiger charge is 2.12. The fraction of sp³-hybridized carbons (Fsp3) is 0.125. The Morgan fingerprint density at radius 2 is 2.21 bits per heavy atom. The Kier molecular flexibility index (Phi) is 5.50. The summed E-state index contributed by atoms with van der Waals surface area (Å²) < 4.78 is 2.30. The molecule has 1 aromatic carbocycles. The summed E-state index contributed by atoms with van der Waals surface area (Å²) in [6.07, 6.45) is 2.84. The summed E-state index contributed by atoms with van der Waals surface area (Å²) in [7, 11) is 0. The SMILES string of the molecule is N#C/C(=C/c1cn(CCC(N)=O)nc1-c1cccc(Br)c1)C(=O)[O-]. The van der Waals surface area contributed by atoms with E-state index in [2.05, 4.69) is 21.0 Å². The minimum atomic E-state index is -1.57. The van der Waals surface area contributed by atoms with Crippen LogP contribution in [0.2, 0.25) is 0 Å². The van der Waals surface area contributed by atoms with Crippen molar-refractivity contribution in [2.45, 2.75) is 13.0 Å². The number of rotatable bonds is 6. The second-order valence-corrected chi connectivity index (χ2v) is 5.80. The van der Waals surface area contributed by atoms with Crippen molar-refractivity contribution in [2.24, 2.45) is 5.73 Å². The second kappa shape index (κ2) is 7.57. The van der Waals surface area contributed by atoms with E-state index in [4.69, 9.17) is 11.0 Å². The van der Waals surface area contributed by atoms with Crippen molar-refractivity contribution in [2.75, 3.05) is 0 Å². The number of primary amides is 1. The molecule has 0 radical (unpaired) electrons. The molecule has 2 N–H and O–H groups in total. The number of aromatic nitrogens is 2. The van der Waals surface area contributed by atoms with Crippen molar-refractivity contribution < 1.29 is 14.7 Å². The van der Waals surface area contributed by atoms with Gasteiger partial charge in [-0.3, -0.25) is 9.48 Å². The third kappa shape index (κ3) is 4.30. The first kappa shape index (κ1) is 17.4. The topological polar surface area (TPSA) is 125 Å². The number of amides is 1. The Hall–Kier alpha value is -2.92.